The minimum Gasteiger partial charge on any atom is -0.478 e. The van der Waals surface area contributed by atoms with Crippen molar-refractivity contribution in [1.82, 2.24) is 0 Å². The summed E-state index contributed by atoms with van der Waals surface area (Å²) in [6.45, 7) is -0.585. The van der Waals surface area contributed by atoms with Crippen molar-refractivity contribution in [1.29, 1.82) is 0 Å². The van der Waals surface area contributed by atoms with E-state index in [2.05, 4.69) is 15.9 Å². The fraction of sp³-hybridized carbons (Fsp3) is 0.125. The maximum absolute atomic E-state index is 12.1. The molecule has 1 rings (SSSR count). The number of rotatable bonds is 2. The van der Waals surface area contributed by atoms with Crippen LogP contribution in [-0.2, 0) is 6.67 Å². The fourth-order valence-electron chi connectivity index (χ4n) is 0.815. The van der Waals surface area contributed by atoms with Crippen LogP contribution in [-0.4, -0.2) is 11.1 Å². The van der Waals surface area contributed by atoms with E-state index < -0.39 is 12.6 Å². The Balaban J connectivity index is 3.12. The Kier molecular flexibility index (Phi) is 2.81. The number of carboxylic acids is 1. The summed E-state index contributed by atoms with van der Waals surface area (Å²) >= 11 is 3.04. The van der Waals surface area contributed by atoms with E-state index in [1.54, 1.807) is 0 Å². The van der Waals surface area contributed by atoms with Crippen molar-refractivity contribution in [2.24, 2.45) is 0 Å². The molecule has 0 bridgehead atoms. The molecule has 0 aliphatic rings. The Morgan fingerprint density at radius 2 is 2.25 bits per heavy atom. The van der Waals surface area contributed by atoms with Gasteiger partial charge in [0, 0.05) is 4.47 Å². The van der Waals surface area contributed by atoms with Gasteiger partial charge in [0.1, 0.15) is 6.67 Å². The number of hydrogen-bond acceptors (Lipinski definition) is 1. The summed E-state index contributed by atoms with van der Waals surface area (Å²) in [5.41, 5.74) is 0.610. The van der Waals surface area contributed by atoms with Gasteiger partial charge in [-0.3, -0.25) is 0 Å². The third kappa shape index (κ3) is 1.82. The lowest BCUT2D eigenvalue weighted by Gasteiger charge is -1.99. The van der Waals surface area contributed by atoms with Crippen molar-refractivity contribution >= 4 is 21.9 Å². The summed E-state index contributed by atoms with van der Waals surface area (Å²) < 4.78 is 12.5. The highest BCUT2D eigenvalue weighted by Crippen LogP contribution is 2.18. The molecule has 1 aromatic rings. The van der Waals surface area contributed by atoms with Crippen LogP contribution in [0.1, 0.15) is 15.9 Å². The van der Waals surface area contributed by atoms with Gasteiger partial charge in [0.25, 0.3) is 0 Å². The first-order chi connectivity index (χ1) is 5.65. The van der Waals surface area contributed by atoms with Gasteiger partial charge in [-0.2, -0.15) is 0 Å². The zero-order valence-corrected chi connectivity index (χ0v) is 7.64. The van der Waals surface area contributed by atoms with Gasteiger partial charge >= 0.3 is 5.97 Å². The van der Waals surface area contributed by atoms with Crippen LogP contribution in [0.15, 0.2) is 22.7 Å². The minimum atomic E-state index is -1.02. The molecular formula is C8H6BrFO2. The van der Waals surface area contributed by atoms with Gasteiger partial charge in [0.15, 0.2) is 0 Å². The second kappa shape index (κ2) is 3.67. The normalized spacial score (nSPS) is 9.83. The van der Waals surface area contributed by atoms with Crippen LogP contribution < -0.4 is 0 Å². The van der Waals surface area contributed by atoms with Crippen molar-refractivity contribution in [3.63, 3.8) is 0 Å². The molecule has 2 nitrogen and oxygen atoms in total. The molecule has 0 aromatic heterocycles. The van der Waals surface area contributed by atoms with Gasteiger partial charge in [-0.25, -0.2) is 9.18 Å². The lowest BCUT2D eigenvalue weighted by molar-refractivity contribution is 0.0696. The van der Waals surface area contributed by atoms with Crippen LogP contribution >= 0.6 is 15.9 Å². The molecule has 0 saturated heterocycles. The highest BCUT2D eigenvalue weighted by molar-refractivity contribution is 9.10. The van der Waals surface area contributed by atoms with E-state index in [4.69, 9.17) is 5.11 Å². The molecule has 4 heteroatoms. The molecule has 1 aromatic carbocycles. The summed E-state index contributed by atoms with van der Waals surface area (Å²) in [7, 11) is 0. The summed E-state index contributed by atoms with van der Waals surface area (Å²) in [4.78, 5) is 10.5. The fourth-order valence-corrected chi connectivity index (χ4v) is 1.41. The number of carbonyl (C=O) groups is 1. The first-order valence-corrected chi connectivity index (χ1v) is 4.02. The number of alkyl halides is 1. The van der Waals surface area contributed by atoms with Crippen molar-refractivity contribution < 1.29 is 14.3 Å². The van der Waals surface area contributed by atoms with E-state index >= 15 is 0 Å². The van der Waals surface area contributed by atoms with Gasteiger partial charge in [0.2, 0.25) is 0 Å². The first kappa shape index (κ1) is 9.19. The topological polar surface area (TPSA) is 37.3 Å². The molecule has 0 heterocycles. The molecule has 0 fully saturated rings. The van der Waals surface area contributed by atoms with Crippen LogP contribution in [0.2, 0.25) is 0 Å². The molecule has 0 aliphatic heterocycles. The van der Waals surface area contributed by atoms with E-state index in [-0.39, 0.29) is 5.56 Å². The third-order valence-electron chi connectivity index (χ3n) is 1.42. The standard InChI is InChI=1S/C8H6BrFO2/c9-7-3-5(4-10)1-2-6(7)8(11)12/h1-3H,4H2,(H,11,12). The molecule has 12 heavy (non-hydrogen) atoms. The summed E-state index contributed by atoms with van der Waals surface area (Å²) in [6.07, 6.45) is 0. The molecule has 1 N–H and O–H groups in total. The summed E-state index contributed by atoms with van der Waals surface area (Å²) in [5, 5.41) is 8.61. The van der Waals surface area contributed by atoms with E-state index in [0.29, 0.717) is 10.0 Å². The van der Waals surface area contributed by atoms with E-state index in [9.17, 15) is 9.18 Å². The zero-order valence-electron chi connectivity index (χ0n) is 6.05. The largest absolute Gasteiger partial charge is 0.478 e. The van der Waals surface area contributed by atoms with E-state index in [1.165, 1.54) is 18.2 Å². The molecular weight excluding hydrogens is 227 g/mol. The highest BCUT2D eigenvalue weighted by Gasteiger charge is 2.07. The quantitative estimate of drug-likeness (QED) is 0.852. The average Bonchev–Trinajstić information content (AvgIpc) is 2.03. The SMILES string of the molecule is O=C(O)c1ccc(CF)cc1Br. The van der Waals surface area contributed by atoms with Crippen molar-refractivity contribution in [3.05, 3.63) is 33.8 Å². The zero-order chi connectivity index (χ0) is 9.14. The second-order valence-corrected chi connectivity index (χ2v) is 3.11. The number of carboxylic acid groups (broad SMARTS) is 1. The minimum absolute atomic E-state index is 0.146. The smallest absolute Gasteiger partial charge is 0.336 e. The number of aromatic carboxylic acids is 1. The molecule has 0 unspecified atom stereocenters. The maximum Gasteiger partial charge on any atom is 0.336 e. The van der Waals surface area contributed by atoms with Crippen LogP contribution in [0, 0.1) is 0 Å². The molecule has 0 radical (unpaired) electrons. The Bertz CT molecular complexity index is 312. The van der Waals surface area contributed by atoms with Crippen LogP contribution in [0.4, 0.5) is 4.39 Å². The lowest BCUT2D eigenvalue weighted by Crippen LogP contribution is -1.97. The molecule has 0 spiro atoms. The predicted molar refractivity (Wildman–Crippen MR) is 45.9 cm³/mol. The summed E-state index contributed by atoms with van der Waals surface area (Å²) in [6, 6.07) is 4.29. The Hall–Kier alpha value is -0.900. The third-order valence-corrected chi connectivity index (χ3v) is 2.07. The molecule has 0 atom stereocenters. The molecule has 64 valence electrons. The summed E-state index contributed by atoms with van der Waals surface area (Å²) in [5.74, 6) is -1.02. The number of benzene rings is 1. The average molecular weight is 233 g/mol. The van der Waals surface area contributed by atoms with E-state index in [0.717, 1.165) is 0 Å². The number of halogens is 2. The van der Waals surface area contributed by atoms with Gasteiger partial charge in [-0.1, -0.05) is 6.07 Å². The van der Waals surface area contributed by atoms with Crippen molar-refractivity contribution in [3.8, 4) is 0 Å². The first-order valence-electron chi connectivity index (χ1n) is 3.23. The Morgan fingerprint density at radius 3 is 2.67 bits per heavy atom. The van der Waals surface area contributed by atoms with Gasteiger partial charge < -0.3 is 5.11 Å². The van der Waals surface area contributed by atoms with Crippen LogP contribution in [0.5, 0.6) is 0 Å². The molecule has 0 aliphatic carbocycles. The van der Waals surface area contributed by atoms with Crippen LogP contribution in [0.25, 0.3) is 0 Å². The van der Waals surface area contributed by atoms with E-state index in [1.807, 2.05) is 0 Å². The van der Waals surface area contributed by atoms with Crippen molar-refractivity contribution in [2.45, 2.75) is 6.67 Å². The molecule has 0 amide bonds. The van der Waals surface area contributed by atoms with Crippen molar-refractivity contribution in [2.75, 3.05) is 0 Å². The highest BCUT2D eigenvalue weighted by atomic mass is 79.9. The van der Waals surface area contributed by atoms with Gasteiger partial charge in [0.05, 0.1) is 5.56 Å². The van der Waals surface area contributed by atoms with Gasteiger partial charge in [-0.05, 0) is 33.6 Å². The second-order valence-electron chi connectivity index (χ2n) is 2.25. The maximum atomic E-state index is 12.1. The molecule has 0 saturated carbocycles. The predicted octanol–water partition coefficient (Wildman–Crippen LogP) is 2.62. The van der Waals surface area contributed by atoms with Crippen LogP contribution in [0.3, 0.4) is 0 Å². The number of hydrogen-bond donors (Lipinski definition) is 1. The lowest BCUT2D eigenvalue weighted by atomic mass is 10.1. The Labute approximate surface area is 77.2 Å². The monoisotopic (exact) mass is 232 g/mol. The Morgan fingerprint density at radius 1 is 1.58 bits per heavy atom. The van der Waals surface area contributed by atoms with Gasteiger partial charge in [-0.15, -0.1) is 0 Å².